The number of anilines is 1. The van der Waals surface area contributed by atoms with Gasteiger partial charge in [-0.2, -0.15) is 0 Å². The number of aliphatic hydroxyl groups is 2. The molecule has 0 radical (unpaired) electrons. The highest BCUT2D eigenvalue weighted by molar-refractivity contribution is 6.03. The van der Waals surface area contributed by atoms with Crippen LogP contribution in [0.25, 0.3) is 0 Å². The molecular weight excluding hydrogens is 530 g/mol. The van der Waals surface area contributed by atoms with E-state index in [1.807, 2.05) is 80.5 Å². The normalized spacial score (nSPS) is 27.8. The molecule has 1 aliphatic heterocycles. The number of carbonyl (C=O) groups is 2. The van der Waals surface area contributed by atoms with Crippen LogP contribution in [0.15, 0.2) is 41.5 Å². The number of ether oxygens (including phenoxy) is 2. The first-order valence-electron chi connectivity index (χ1n) is 15.9. The van der Waals surface area contributed by atoms with Gasteiger partial charge in [0.1, 0.15) is 5.75 Å². The van der Waals surface area contributed by atoms with Gasteiger partial charge in [0.05, 0.1) is 18.3 Å². The standard InChI is InChI=1S/C29H43NO6.3C2H6/c1-7-23-13-21(5)28(33)26(35-6)12-18(2)11-22-14-24(16-25(15-22)36-17-31)30-29(34)20(4)10-8-9-19(3)27(23)32;3*1-2/h10,13-19,21,26-28,32-33H,7-9,11-12H2,1-6H3,(H,30,34);3*1-2H3/b20-10+,23-13+;;;. The Bertz CT molecular complexity index is 941. The second-order valence-corrected chi connectivity index (χ2v) is 10.2. The minimum Gasteiger partial charge on any atom is -0.429 e. The molecule has 0 saturated carbocycles. The number of fused-ring (bicyclic) bond motifs is 2. The van der Waals surface area contributed by atoms with Gasteiger partial charge in [-0.15, -0.1) is 0 Å². The van der Waals surface area contributed by atoms with Gasteiger partial charge < -0.3 is 25.0 Å². The third-order valence-corrected chi connectivity index (χ3v) is 7.08. The van der Waals surface area contributed by atoms with E-state index in [9.17, 15) is 19.8 Å². The first-order chi connectivity index (χ1) is 20.1. The molecule has 3 N–H and O–H groups in total. The predicted octanol–water partition coefficient (Wildman–Crippen LogP) is 7.89. The fourth-order valence-corrected chi connectivity index (χ4v) is 4.84. The Kier molecular flexibility index (Phi) is 23.8. The Balaban J connectivity index is 0. The van der Waals surface area contributed by atoms with Crippen LogP contribution in [-0.4, -0.2) is 48.0 Å². The zero-order valence-corrected chi connectivity index (χ0v) is 28.5. The van der Waals surface area contributed by atoms with Crippen molar-refractivity contribution in [3.05, 3.63) is 47.1 Å². The van der Waals surface area contributed by atoms with Crippen LogP contribution >= 0.6 is 0 Å². The number of allylic oxidation sites excluding steroid dienone is 1. The summed E-state index contributed by atoms with van der Waals surface area (Å²) in [6.45, 7) is 22.2. The summed E-state index contributed by atoms with van der Waals surface area (Å²) in [5.41, 5.74) is 2.94. The van der Waals surface area contributed by atoms with Crippen molar-refractivity contribution in [3.8, 4) is 5.75 Å². The van der Waals surface area contributed by atoms with Gasteiger partial charge in [-0.3, -0.25) is 9.59 Å². The van der Waals surface area contributed by atoms with E-state index in [0.29, 0.717) is 55.6 Å². The van der Waals surface area contributed by atoms with Crippen molar-refractivity contribution >= 4 is 18.1 Å². The van der Waals surface area contributed by atoms with Crippen molar-refractivity contribution in [2.24, 2.45) is 17.8 Å². The van der Waals surface area contributed by atoms with Gasteiger partial charge >= 0.3 is 0 Å². The van der Waals surface area contributed by atoms with Crippen molar-refractivity contribution < 1.29 is 29.3 Å². The van der Waals surface area contributed by atoms with Crippen molar-refractivity contribution in [2.45, 2.75) is 127 Å². The summed E-state index contributed by atoms with van der Waals surface area (Å²) in [5.74, 6) is 0.0628. The summed E-state index contributed by atoms with van der Waals surface area (Å²) in [6, 6.07) is 5.28. The van der Waals surface area contributed by atoms with E-state index in [2.05, 4.69) is 12.2 Å². The smallest absolute Gasteiger partial charge is 0.298 e. The summed E-state index contributed by atoms with van der Waals surface area (Å²) in [7, 11) is 1.60. The van der Waals surface area contributed by atoms with Crippen LogP contribution < -0.4 is 10.1 Å². The molecule has 1 heterocycles. The van der Waals surface area contributed by atoms with Gasteiger partial charge in [-0.1, -0.05) is 81.4 Å². The van der Waals surface area contributed by atoms with Crippen LogP contribution in [-0.2, 0) is 20.7 Å². The van der Waals surface area contributed by atoms with Gasteiger partial charge in [0.2, 0.25) is 0 Å². The first kappa shape index (κ1) is 41.7. The molecule has 1 aromatic carbocycles. The molecule has 7 nitrogen and oxygen atoms in total. The van der Waals surface area contributed by atoms with Crippen molar-refractivity contribution in [1.29, 1.82) is 0 Å². The molecular formula is C35H61NO6. The summed E-state index contributed by atoms with van der Waals surface area (Å²) < 4.78 is 10.8. The summed E-state index contributed by atoms with van der Waals surface area (Å²) in [6.07, 6.45) is 5.43. The summed E-state index contributed by atoms with van der Waals surface area (Å²) in [4.78, 5) is 23.8. The minimum atomic E-state index is -0.728. The van der Waals surface area contributed by atoms with Gasteiger partial charge in [-0.05, 0) is 74.1 Å². The Morgan fingerprint density at radius 2 is 1.64 bits per heavy atom. The highest BCUT2D eigenvalue weighted by Gasteiger charge is 2.27. The number of benzene rings is 1. The topological polar surface area (TPSA) is 105 Å². The second kappa shape index (κ2) is 24.0. The first-order valence-corrected chi connectivity index (χ1v) is 15.9. The Morgan fingerprint density at radius 1 is 1.02 bits per heavy atom. The van der Waals surface area contributed by atoms with Crippen LogP contribution in [0.3, 0.4) is 0 Å². The lowest BCUT2D eigenvalue weighted by Gasteiger charge is -2.29. The predicted molar refractivity (Wildman–Crippen MR) is 176 cm³/mol. The molecule has 2 bridgehead atoms. The molecule has 0 spiro atoms. The minimum absolute atomic E-state index is 0.00675. The number of hydrogen-bond acceptors (Lipinski definition) is 6. The molecule has 2 rings (SSSR count). The highest BCUT2D eigenvalue weighted by atomic mass is 16.5. The maximum atomic E-state index is 12.8. The number of methoxy groups -OCH3 is 1. The molecule has 242 valence electrons. The Labute approximate surface area is 256 Å². The quantitative estimate of drug-likeness (QED) is 0.243. The van der Waals surface area contributed by atoms with E-state index in [1.54, 1.807) is 26.2 Å². The third kappa shape index (κ3) is 14.6. The van der Waals surface area contributed by atoms with Gasteiger partial charge in [0.25, 0.3) is 12.4 Å². The van der Waals surface area contributed by atoms with Gasteiger partial charge in [0, 0.05) is 30.4 Å². The van der Waals surface area contributed by atoms with E-state index in [0.717, 1.165) is 11.1 Å². The zero-order chi connectivity index (χ0) is 32.8. The molecule has 0 saturated heterocycles. The number of rotatable bonds is 4. The highest BCUT2D eigenvalue weighted by Crippen LogP contribution is 2.28. The molecule has 42 heavy (non-hydrogen) atoms. The average Bonchev–Trinajstić information content (AvgIpc) is 3.00. The van der Waals surface area contributed by atoms with Crippen molar-refractivity contribution in [2.75, 3.05) is 12.4 Å². The molecule has 1 amide bonds. The molecule has 1 aliphatic rings. The SMILES string of the molecule is CC.CC.CC.CC/C1=C\C(C)C(O)C(OC)CC(C)Cc2cc(cc(OC=O)c2)NC(=O)/C(C)=C/CCC(C)C1O. The fraction of sp³-hybridized carbons (Fsp3) is 0.657. The van der Waals surface area contributed by atoms with E-state index in [4.69, 9.17) is 9.47 Å². The van der Waals surface area contributed by atoms with E-state index in [-0.39, 0.29) is 29.8 Å². The van der Waals surface area contributed by atoms with Crippen LogP contribution in [0.1, 0.15) is 107 Å². The maximum absolute atomic E-state index is 12.8. The summed E-state index contributed by atoms with van der Waals surface area (Å²) in [5, 5.41) is 25.0. The molecule has 6 atom stereocenters. The number of carbonyl (C=O) groups excluding carboxylic acids is 2. The number of aliphatic hydroxyl groups excluding tert-OH is 2. The van der Waals surface area contributed by atoms with Gasteiger partial charge in [-0.25, -0.2) is 0 Å². The lowest BCUT2D eigenvalue weighted by atomic mass is 9.86. The number of amides is 1. The second-order valence-electron chi connectivity index (χ2n) is 10.2. The third-order valence-electron chi connectivity index (χ3n) is 7.08. The zero-order valence-electron chi connectivity index (χ0n) is 28.5. The summed E-state index contributed by atoms with van der Waals surface area (Å²) >= 11 is 0. The number of nitrogens with one attached hydrogen (secondary N) is 1. The monoisotopic (exact) mass is 591 g/mol. The molecule has 1 aromatic rings. The molecule has 0 aromatic heterocycles. The lowest BCUT2D eigenvalue weighted by Crippen LogP contribution is -2.35. The van der Waals surface area contributed by atoms with Gasteiger partial charge in [0.15, 0.2) is 0 Å². The molecule has 0 fully saturated rings. The van der Waals surface area contributed by atoms with E-state index >= 15 is 0 Å². The molecule has 7 heteroatoms. The average molecular weight is 592 g/mol. The van der Waals surface area contributed by atoms with Crippen LogP contribution in [0.5, 0.6) is 5.75 Å². The van der Waals surface area contributed by atoms with E-state index < -0.39 is 12.2 Å². The molecule has 0 aliphatic carbocycles. The number of hydrogen-bond donors (Lipinski definition) is 3. The van der Waals surface area contributed by atoms with Crippen LogP contribution in [0.4, 0.5) is 5.69 Å². The van der Waals surface area contributed by atoms with Crippen LogP contribution in [0, 0.1) is 17.8 Å². The fourth-order valence-electron chi connectivity index (χ4n) is 4.84. The Hall–Kier alpha value is -2.48. The molecule has 6 unspecified atom stereocenters. The Morgan fingerprint density at radius 3 is 2.19 bits per heavy atom. The van der Waals surface area contributed by atoms with Crippen molar-refractivity contribution in [1.82, 2.24) is 0 Å². The van der Waals surface area contributed by atoms with Crippen LogP contribution in [0.2, 0.25) is 0 Å². The lowest BCUT2D eigenvalue weighted by molar-refractivity contribution is -0.120. The van der Waals surface area contributed by atoms with Crippen molar-refractivity contribution in [3.63, 3.8) is 0 Å². The largest absolute Gasteiger partial charge is 0.429 e. The van der Waals surface area contributed by atoms with E-state index in [1.165, 1.54) is 0 Å². The maximum Gasteiger partial charge on any atom is 0.298 e.